The number of rotatable bonds is 8. The highest BCUT2D eigenvalue weighted by atomic mass is 32.2. The third-order valence-electron chi connectivity index (χ3n) is 4.66. The molecule has 0 aliphatic carbocycles. The number of nitrogens with zero attached hydrogens (tertiary/aromatic N) is 2. The first-order valence-corrected chi connectivity index (χ1v) is 12.1. The van der Waals surface area contributed by atoms with E-state index in [1.54, 1.807) is 7.05 Å². The number of hydrogen-bond donors (Lipinski definition) is 1. The van der Waals surface area contributed by atoms with E-state index in [9.17, 15) is 13.2 Å². The Kier molecular flexibility index (Phi) is 6.55. The molecule has 1 aromatic carbocycles. The van der Waals surface area contributed by atoms with Gasteiger partial charge in [0.05, 0.1) is 26.4 Å². The van der Waals surface area contributed by atoms with Crippen LogP contribution in [0.15, 0.2) is 40.0 Å². The fourth-order valence-electron chi connectivity index (χ4n) is 3.40. The predicted molar refractivity (Wildman–Crippen MR) is 116 cm³/mol. The molecule has 0 spiro atoms. The molecule has 0 atom stereocenters. The van der Waals surface area contributed by atoms with Crippen molar-refractivity contribution in [2.45, 2.75) is 38.0 Å². The molecular weight excluding hydrogens is 408 g/mol. The average Bonchev–Trinajstić information content (AvgIpc) is 3.05. The summed E-state index contributed by atoms with van der Waals surface area (Å²) in [5.41, 5.74) is 1.33. The van der Waals surface area contributed by atoms with E-state index < -0.39 is 15.4 Å². The molecule has 0 saturated heterocycles. The number of aliphatic hydroxyl groups excluding tert-OH is 1. The van der Waals surface area contributed by atoms with E-state index in [4.69, 9.17) is 5.11 Å². The van der Waals surface area contributed by atoms with Crippen molar-refractivity contribution in [3.63, 3.8) is 0 Å². The monoisotopic (exact) mass is 434 g/mol. The Bertz CT molecular complexity index is 1160. The maximum Gasteiger partial charge on any atom is 0.276 e. The van der Waals surface area contributed by atoms with Gasteiger partial charge in [0, 0.05) is 25.0 Å². The van der Waals surface area contributed by atoms with Crippen LogP contribution in [0.4, 0.5) is 0 Å². The SMILES string of the molecule is CC(C)Cc1nn(C)c(=O)c2c(S(=O)(=O)CCCO)c(Cc3ccccc3)sc12. The molecule has 1 N–H and O–H groups in total. The van der Waals surface area contributed by atoms with Crippen LogP contribution >= 0.6 is 11.3 Å². The summed E-state index contributed by atoms with van der Waals surface area (Å²) in [6.07, 6.45) is 1.22. The van der Waals surface area contributed by atoms with Gasteiger partial charge in [-0.1, -0.05) is 44.2 Å². The van der Waals surface area contributed by atoms with Crippen molar-refractivity contribution in [1.29, 1.82) is 0 Å². The molecule has 29 heavy (non-hydrogen) atoms. The van der Waals surface area contributed by atoms with E-state index in [0.717, 1.165) is 11.3 Å². The van der Waals surface area contributed by atoms with Gasteiger partial charge in [-0.05, 0) is 24.3 Å². The minimum atomic E-state index is -3.73. The van der Waals surface area contributed by atoms with Gasteiger partial charge in [0.25, 0.3) is 5.56 Å². The molecule has 3 aromatic rings. The maximum atomic E-state index is 13.2. The lowest BCUT2D eigenvalue weighted by molar-refractivity contribution is 0.295. The number of sulfone groups is 1. The Hall–Kier alpha value is -2.03. The molecule has 6 nitrogen and oxygen atoms in total. The lowest BCUT2D eigenvalue weighted by Crippen LogP contribution is -2.23. The molecule has 0 radical (unpaired) electrons. The molecular formula is C21H26N2O4S2. The number of hydrogen-bond acceptors (Lipinski definition) is 6. The van der Waals surface area contributed by atoms with Crippen molar-refractivity contribution in [2.75, 3.05) is 12.4 Å². The first kappa shape index (κ1) is 21.7. The van der Waals surface area contributed by atoms with Crippen LogP contribution in [0.25, 0.3) is 10.1 Å². The lowest BCUT2D eigenvalue weighted by Gasteiger charge is -2.09. The van der Waals surface area contributed by atoms with Crippen molar-refractivity contribution in [3.8, 4) is 0 Å². The van der Waals surface area contributed by atoms with Gasteiger partial charge < -0.3 is 5.11 Å². The summed E-state index contributed by atoms with van der Waals surface area (Å²) in [6, 6.07) is 9.62. The summed E-state index contributed by atoms with van der Waals surface area (Å²) in [7, 11) is -2.17. The topological polar surface area (TPSA) is 89.3 Å². The molecule has 2 aromatic heterocycles. The zero-order valence-corrected chi connectivity index (χ0v) is 18.5. The van der Waals surface area contributed by atoms with Gasteiger partial charge >= 0.3 is 0 Å². The second-order valence-corrected chi connectivity index (χ2v) is 10.7. The van der Waals surface area contributed by atoms with Gasteiger partial charge in [0.1, 0.15) is 0 Å². The lowest BCUT2D eigenvalue weighted by atomic mass is 10.1. The Labute approximate surface area is 174 Å². The second kappa shape index (κ2) is 8.77. The predicted octanol–water partition coefficient (Wildman–Crippen LogP) is 2.94. The Morgan fingerprint density at radius 2 is 1.90 bits per heavy atom. The van der Waals surface area contributed by atoms with E-state index in [1.165, 1.54) is 16.0 Å². The van der Waals surface area contributed by atoms with Gasteiger partial charge in [-0.2, -0.15) is 5.10 Å². The Morgan fingerprint density at radius 1 is 1.21 bits per heavy atom. The third-order valence-corrected chi connectivity index (χ3v) is 7.93. The van der Waals surface area contributed by atoms with E-state index in [-0.39, 0.29) is 29.1 Å². The fourth-order valence-corrected chi connectivity index (χ4v) is 6.81. The van der Waals surface area contributed by atoms with E-state index in [0.29, 0.717) is 28.3 Å². The zero-order valence-electron chi connectivity index (χ0n) is 16.9. The van der Waals surface area contributed by atoms with E-state index >= 15 is 0 Å². The smallest absolute Gasteiger partial charge is 0.276 e. The summed E-state index contributed by atoms with van der Waals surface area (Å²) >= 11 is 1.35. The minimum Gasteiger partial charge on any atom is -0.396 e. The van der Waals surface area contributed by atoms with Crippen LogP contribution in [0.1, 0.15) is 36.4 Å². The van der Waals surface area contributed by atoms with Crippen LogP contribution in [0.3, 0.4) is 0 Å². The first-order valence-electron chi connectivity index (χ1n) is 9.63. The molecule has 0 aliphatic heterocycles. The van der Waals surface area contributed by atoms with Crippen LogP contribution in [-0.2, 0) is 29.7 Å². The van der Waals surface area contributed by atoms with Gasteiger partial charge in [-0.3, -0.25) is 4.79 Å². The molecule has 0 fully saturated rings. The number of thiophene rings is 1. The summed E-state index contributed by atoms with van der Waals surface area (Å²) in [6.45, 7) is 3.92. The molecule has 0 saturated carbocycles. The molecule has 8 heteroatoms. The van der Waals surface area contributed by atoms with Gasteiger partial charge in [0.15, 0.2) is 9.84 Å². The highest BCUT2D eigenvalue weighted by molar-refractivity contribution is 7.91. The molecule has 0 bridgehead atoms. The van der Waals surface area contributed by atoms with Gasteiger partial charge in [-0.25, -0.2) is 13.1 Å². The number of aliphatic hydroxyl groups is 1. The van der Waals surface area contributed by atoms with Crippen LogP contribution < -0.4 is 5.56 Å². The van der Waals surface area contributed by atoms with Crippen molar-refractivity contribution in [2.24, 2.45) is 13.0 Å². The first-order chi connectivity index (χ1) is 13.7. The van der Waals surface area contributed by atoms with E-state index in [2.05, 4.69) is 18.9 Å². The number of aryl methyl sites for hydroxylation is 1. The maximum absolute atomic E-state index is 13.2. The molecule has 156 valence electrons. The largest absolute Gasteiger partial charge is 0.396 e. The molecule has 3 rings (SSSR count). The molecule has 0 amide bonds. The van der Waals surface area contributed by atoms with Crippen molar-refractivity contribution >= 4 is 31.3 Å². The Morgan fingerprint density at radius 3 is 2.52 bits per heavy atom. The van der Waals surface area contributed by atoms with Crippen molar-refractivity contribution in [1.82, 2.24) is 9.78 Å². The Balaban J connectivity index is 2.32. The average molecular weight is 435 g/mol. The highest BCUT2D eigenvalue weighted by Crippen LogP contribution is 2.37. The standard InChI is InChI=1S/C21H26N2O4S2/c1-14(2)12-16-19-18(21(25)23(3)22-16)20(29(26,27)11-7-10-24)17(28-19)13-15-8-5-4-6-9-15/h4-6,8-9,14,24H,7,10-13H2,1-3H3. The quantitative estimate of drug-likeness (QED) is 0.589. The minimum absolute atomic E-state index is 0.114. The zero-order chi connectivity index (χ0) is 21.2. The van der Waals surface area contributed by atoms with E-state index in [1.807, 2.05) is 30.3 Å². The number of benzene rings is 1. The fraction of sp³-hybridized carbons (Fsp3) is 0.429. The summed E-state index contributed by atoms with van der Waals surface area (Å²) < 4.78 is 28.3. The summed E-state index contributed by atoms with van der Waals surface area (Å²) in [5, 5.41) is 13.8. The normalized spacial score (nSPS) is 12.2. The summed E-state index contributed by atoms with van der Waals surface area (Å²) in [5.74, 6) is 0.125. The van der Waals surface area contributed by atoms with Crippen LogP contribution in [0, 0.1) is 5.92 Å². The molecule has 0 aliphatic rings. The number of aromatic nitrogens is 2. The van der Waals surface area contributed by atoms with Gasteiger partial charge in [-0.15, -0.1) is 11.3 Å². The highest BCUT2D eigenvalue weighted by Gasteiger charge is 2.29. The van der Waals surface area contributed by atoms with Crippen molar-refractivity contribution in [3.05, 3.63) is 56.8 Å². The van der Waals surface area contributed by atoms with Crippen LogP contribution in [-0.4, -0.2) is 35.7 Å². The second-order valence-electron chi connectivity index (χ2n) is 7.59. The molecule has 0 unspecified atom stereocenters. The number of fused-ring (bicyclic) bond motifs is 1. The van der Waals surface area contributed by atoms with Crippen LogP contribution in [0.5, 0.6) is 0 Å². The van der Waals surface area contributed by atoms with Crippen molar-refractivity contribution < 1.29 is 13.5 Å². The molecule has 2 heterocycles. The summed E-state index contributed by atoms with van der Waals surface area (Å²) in [4.78, 5) is 13.7. The van der Waals surface area contributed by atoms with Crippen LogP contribution in [0.2, 0.25) is 0 Å². The third kappa shape index (κ3) is 4.60. The van der Waals surface area contributed by atoms with Gasteiger partial charge in [0.2, 0.25) is 0 Å².